The summed E-state index contributed by atoms with van der Waals surface area (Å²) in [7, 11) is 0. The van der Waals surface area contributed by atoms with Gasteiger partial charge in [-0.05, 0) is 37.9 Å². The molecule has 1 spiro atoms. The smallest absolute Gasteiger partial charge is 0.215 e. The van der Waals surface area contributed by atoms with Crippen LogP contribution in [0.3, 0.4) is 0 Å². The summed E-state index contributed by atoms with van der Waals surface area (Å²) in [5, 5.41) is 11.8. The van der Waals surface area contributed by atoms with E-state index in [1.54, 1.807) is 0 Å². The van der Waals surface area contributed by atoms with E-state index in [9.17, 15) is 0 Å². The number of nitrogens with one attached hydrogen (secondary N) is 1. The van der Waals surface area contributed by atoms with Crippen LogP contribution in [0.25, 0.3) is 0 Å². The Morgan fingerprint density at radius 1 is 1.27 bits per heavy atom. The second-order valence-corrected chi connectivity index (χ2v) is 3.61. The van der Waals surface area contributed by atoms with Crippen LogP contribution < -0.4 is 5.32 Å². The summed E-state index contributed by atoms with van der Waals surface area (Å²) >= 11 is 4.90. The van der Waals surface area contributed by atoms with E-state index in [4.69, 9.17) is 12.2 Å². The minimum Gasteiger partial charge on any atom is -0.334 e. The van der Waals surface area contributed by atoms with E-state index >= 15 is 0 Å². The fraction of sp³-hybridized carbons (Fsp3) is 0.857. The molecule has 0 amide bonds. The molecular formula is C7H11N3S. The lowest BCUT2D eigenvalue weighted by Crippen LogP contribution is -2.42. The summed E-state index contributed by atoms with van der Waals surface area (Å²) in [6.45, 7) is 0. The van der Waals surface area contributed by atoms with Gasteiger partial charge in [0.1, 0.15) is 0 Å². The maximum Gasteiger partial charge on any atom is 0.215 e. The first kappa shape index (κ1) is 7.16. The Bertz CT molecular complexity index is 206. The maximum atomic E-state index is 4.90. The van der Waals surface area contributed by atoms with E-state index in [1.807, 2.05) is 0 Å². The van der Waals surface area contributed by atoms with Crippen LogP contribution in [-0.2, 0) is 0 Å². The van der Waals surface area contributed by atoms with E-state index < -0.39 is 0 Å². The summed E-state index contributed by atoms with van der Waals surface area (Å²) < 4.78 is 0. The van der Waals surface area contributed by atoms with Crippen LogP contribution in [0.15, 0.2) is 10.2 Å². The SMILES string of the molecule is S=C1N=NC2(CCCCC2)N1. The highest BCUT2D eigenvalue weighted by atomic mass is 32.1. The monoisotopic (exact) mass is 169 g/mol. The largest absolute Gasteiger partial charge is 0.334 e. The highest BCUT2D eigenvalue weighted by Gasteiger charge is 2.35. The lowest BCUT2D eigenvalue weighted by Gasteiger charge is -2.28. The van der Waals surface area contributed by atoms with Crippen molar-refractivity contribution in [3.05, 3.63) is 0 Å². The number of hydrogen-bond acceptors (Lipinski definition) is 2. The van der Waals surface area contributed by atoms with Gasteiger partial charge in [-0.1, -0.05) is 6.42 Å². The fourth-order valence-corrected chi connectivity index (χ4v) is 1.98. The maximum absolute atomic E-state index is 4.90. The molecule has 3 nitrogen and oxygen atoms in total. The van der Waals surface area contributed by atoms with Gasteiger partial charge in [-0.25, -0.2) is 0 Å². The zero-order chi connectivity index (χ0) is 7.73. The van der Waals surface area contributed by atoms with Crippen LogP contribution in [0, 0.1) is 0 Å². The Hall–Kier alpha value is -0.510. The number of azo groups is 1. The lowest BCUT2D eigenvalue weighted by atomic mass is 9.90. The van der Waals surface area contributed by atoms with Crippen molar-refractivity contribution in [3.63, 3.8) is 0 Å². The molecule has 1 N–H and O–H groups in total. The molecule has 0 atom stereocenters. The van der Waals surface area contributed by atoms with Crippen molar-refractivity contribution in [3.8, 4) is 0 Å². The molecule has 1 aliphatic carbocycles. The highest BCUT2D eigenvalue weighted by Crippen LogP contribution is 2.31. The van der Waals surface area contributed by atoms with Crippen molar-refractivity contribution >= 4 is 17.3 Å². The molecule has 0 unspecified atom stereocenters. The summed E-state index contributed by atoms with van der Waals surface area (Å²) in [5.41, 5.74) is -0.0880. The third kappa shape index (κ3) is 1.27. The third-order valence-corrected chi connectivity index (χ3v) is 2.54. The van der Waals surface area contributed by atoms with Crippen molar-refractivity contribution in [2.75, 3.05) is 0 Å². The normalized spacial score (nSPS) is 27.5. The molecule has 1 aliphatic heterocycles. The van der Waals surface area contributed by atoms with Crippen LogP contribution >= 0.6 is 12.2 Å². The average molecular weight is 169 g/mol. The number of hydrogen-bond donors (Lipinski definition) is 1. The molecule has 2 rings (SSSR count). The van der Waals surface area contributed by atoms with Gasteiger partial charge in [0.05, 0.1) is 0 Å². The Morgan fingerprint density at radius 2 is 2.00 bits per heavy atom. The molecule has 4 heteroatoms. The molecular weight excluding hydrogens is 158 g/mol. The van der Waals surface area contributed by atoms with E-state index in [2.05, 4.69) is 15.5 Å². The molecule has 2 aliphatic rings. The zero-order valence-electron chi connectivity index (χ0n) is 6.34. The number of rotatable bonds is 0. The van der Waals surface area contributed by atoms with Gasteiger partial charge in [-0.15, -0.1) is 5.11 Å². The van der Waals surface area contributed by atoms with Gasteiger partial charge in [0, 0.05) is 0 Å². The molecule has 1 fully saturated rings. The minimum absolute atomic E-state index is 0.0880. The first-order chi connectivity index (χ1) is 5.31. The number of nitrogens with zero attached hydrogens (tertiary/aromatic N) is 2. The van der Waals surface area contributed by atoms with Crippen molar-refractivity contribution < 1.29 is 0 Å². The van der Waals surface area contributed by atoms with Crippen LogP contribution in [0.2, 0.25) is 0 Å². The molecule has 1 saturated carbocycles. The van der Waals surface area contributed by atoms with Gasteiger partial charge in [-0.3, -0.25) is 0 Å². The van der Waals surface area contributed by atoms with E-state index in [0.29, 0.717) is 5.11 Å². The molecule has 0 saturated heterocycles. The van der Waals surface area contributed by atoms with Gasteiger partial charge in [0.15, 0.2) is 5.66 Å². The van der Waals surface area contributed by atoms with Crippen molar-refractivity contribution in [1.82, 2.24) is 5.32 Å². The molecule has 0 aromatic rings. The quantitative estimate of drug-likeness (QED) is 0.563. The molecule has 0 aromatic carbocycles. The first-order valence-electron chi connectivity index (χ1n) is 4.06. The Morgan fingerprint density at radius 3 is 2.55 bits per heavy atom. The van der Waals surface area contributed by atoms with Crippen LogP contribution in [0.5, 0.6) is 0 Å². The second-order valence-electron chi connectivity index (χ2n) is 3.22. The van der Waals surface area contributed by atoms with Gasteiger partial charge < -0.3 is 5.32 Å². The minimum atomic E-state index is -0.0880. The summed E-state index contributed by atoms with van der Waals surface area (Å²) in [6, 6.07) is 0. The molecule has 1 heterocycles. The van der Waals surface area contributed by atoms with Gasteiger partial charge in [0.25, 0.3) is 0 Å². The summed E-state index contributed by atoms with van der Waals surface area (Å²) in [6.07, 6.45) is 6.00. The molecule has 11 heavy (non-hydrogen) atoms. The summed E-state index contributed by atoms with van der Waals surface area (Å²) in [4.78, 5) is 0. The van der Waals surface area contributed by atoms with Gasteiger partial charge in [0.2, 0.25) is 5.11 Å². The molecule has 0 radical (unpaired) electrons. The first-order valence-corrected chi connectivity index (χ1v) is 4.47. The van der Waals surface area contributed by atoms with Crippen molar-refractivity contribution in [1.29, 1.82) is 0 Å². The predicted molar refractivity (Wildman–Crippen MR) is 46.4 cm³/mol. The average Bonchev–Trinajstić information content (AvgIpc) is 2.34. The van der Waals surface area contributed by atoms with Gasteiger partial charge in [-0.2, -0.15) is 5.11 Å². The molecule has 0 bridgehead atoms. The standard InChI is InChI=1S/C7H11N3S/c11-6-8-7(10-9-6)4-2-1-3-5-7/h1-5H2,(H,8,11). The highest BCUT2D eigenvalue weighted by molar-refractivity contribution is 7.80. The van der Waals surface area contributed by atoms with Crippen LogP contribution in [0.1, 0.15) is 32.1 Å². The number of thiocarbonyl (C=S) groups is 1. The van der Waals surface area contributed by atoms with E-state index in [0.717, 1.165) is 12.8 Å². The second kappa shape index (κ2) is 2.52. The van der Waals surface area contributed by atoms with Crippen LogP contribution in [-0.4, -0.2) is 10.8 Å². The Kier molecular flexibility index (Phi) is 1.64. The van der Waals surface area contributed by atoms with E-state index in [-0.39, 0.29) is 5.66 Å². The Labute approximate surface area is 71.3 Å². The topological polar surface area (TPSA) is 36.8 Å². The predicted octanol–water partition coefficient (Wildman–Crippen LogP) is 1.99. The zero-order valence-corrected chi connectivity index (χ0v) is 7.15. The van der Waals surface area contributed by atoms with E-state index in [1.165, 1.54) is 19.3 Å². The van der Waals surface area contributed by atoms with Crippen molar-refractivity contribution in [2.45, 2.75) is 37.8 Å². The third-order valence-electron chi connectivity index (χ3n) is 2.35. The summed E-state index contributed by atoms with van der Waals surface area (Å²) in [5.74, 6) is 0. The fourth-order valence-electron chi connectivity index (χ4n) is 1.75. The molecule has 60 valence electrons. The van der Waals surface area contributed by atoms with Crippen molar-refractivity contribution in [2.24, 2.45) is 10.2 Å². The Balaban J connectivity index is 2.10. The van der Waals surface area contributed by atoms with Gasteiger partial charge >= 0.3 is 0 Å². The lowest BCUT2D eigenvalue weighted by molar-refractivity contribution is 0.282. The molecule has 0 aromatic heterocycles. The van der Waals surface area contributed by atoms with Crippen LogP contribution in [0.4, 0.5) is 0 Å².